The lowest BCUT2D eigenvalue weighted by molar-refractivity contribution is -0.121. The van der Waals surface area contributed by atoms with E-state index in [4.69, 9.17) is 0 Å². The fourth-order valence-corrected chi connectivity index (χ4v) is 1.06. The normalized spacial score (nSPS) is 15.4. The molecule has 0 unspecified atom stereocenters. The minimum Gasteiger partial charge on any atom is -0.353 e. The fraction of sp³-hybridized carbons (Fsp3) is 0.700. The van der Waals surface area contributed by atoms with Crippen molar-refractivity contribution in [2.24, 2.45) is 0 Å². The predicted molar refractivity (Wildman–Crippen MR) is 53.5 cm³/mol. The van der Waals surface area contributed by atoms with Gasteiger partial charge in [-0.3, -0.25) is 4.79 Å². The Kier molecular flexibility index (Phi) is 4.54. The van der Waals surface area contributed by atoms with Crippen LogP contribution >= 0.6 is 0 Å². The van der Waals surface area contributed by atoms with Gasteiger partial charge in [-0.1, -0.05) is 6.08 Å². The molecule has 1 saturated carbocycles. The zero-order valence-electron chi connectivity index (χ0n) is 8.01. The predicted octanol–water partition coefficient (Wildman–Crippen LogP) is 0.821. The standard InChI is InChI=1S/C10H18N2O/c1-2-3-7-11-8-6-10(13)12-9-4-5-9/h2,9,11H,1,3-8H2,(H,12,13). The maximum atomic E-state index is 11.2. The van der Waals surface area contributed by atoms with E-state index in [1.165, 1.54) is 0 Å². The lowest BCUT2D eigenvalue weighted by atomic mass is 10.3. The summed E-state index contributed by atoms with van der Waals surface area (Å²) in [6, 6.07) is 0.487. The van der Waals surface area contributed by atoms with Crippen molar-refractivity contribution in [3.63, 3.8) is 0 Å². The Bertz CT molecular complexity index is 176. The molecule has 74 valence electrons. The first-order valence-corrected chi connectivity index (χ1v) is 4.94. The second-order valence-corrected chi connectivity index (χ2v) is 3.42. The number of hydrogen-bond acceptors (Lipinski definition) is 2. The number of amides is 1. The van der Waals surface area contributed by atoms with Gasteiger partial charge in [-0.25, -0.2) is 0 Å². The van der Waals surface area contributed by atoms with Gasteiger partial charge in [-0.2, -0.15) is 0 Å². The number of nitrogens with one attached hydrogen (secondary N) is 2. The van der Waals surface area contributed by atoms with Crippen molar-refractivity contribution >= 4 is 5.91 Å². The Balaban J connectivity index is 1.85. The van der Waals surface area contributed by atoms with Gasteiger partial charge in [0.25, 0.3) is 0 Å². The van der Waals surface area contributed by atoms with Crippen LogP contribution in [0.15, 0.2) is 12.7 Å². The molecule has 0 aromatic rings. The van der Waals surface area contributed by atoms with E-state index in [-0.39, 0.29) is 5.91 Å². The molecule has 2 N–H and O–H groups in total. The molecule has 0 aromatic carbocycles. The molecule has 0 spiro atoms. The van der Waals surface area contributed by atoms with Gasteiger partial charge in [-0.15, -0.1) is 6.58 Å². The van der Waals surface area contributed by atoms with Gasteiger partial charge in [0.15, 0.2) is 0 Å². The Morgan fingerprint density at radius 3 is 2.85 bits per heavy atom. The monoisotopic (exact) mass is 182 g/mol. The largest absolute Gasteiger partial charge is 0.353 e. The van der Waals surface area contributed by atoms with Crippen molar-refractivity contribution in [1.82, 2.24) is 10.6 Å². The number of rotatable bonds is 7. The molecule has 3 nitrogen and oxygen atoms in total. The highest BCUT2D eigenvalue weighted by atomic mass is 16.1. The highest BCUT2D eigenvalue weighted by molar-refractivity contribution is 5.76. The van der Waals surface area contributed by atoms with Gasteiger partial charge < -0.3 is 10.6 Å². The van der Waals surface area contributed by atoms with Crippen LogP contribution in [0.25, 0.3) is 0 Å². The SMILES string of the molecule is C=CCCNCCC(=O)NC1CC1. The van der Waals surface area contributed by atoms with E-state index in [1.807, 2.05) is 6.08 Å². The minimum atomic E-state index is 0.175. The van der Waals surface area contributed by atoms with Crippen LogP contribution in [-0.2, 0) is 4.79 Å². The van der Waals surface area contributed by atoms with Gasteiger partial charge in [0.05, 0.1) is 0 Å². The molecule has 1 fully saturated rings. The molecule has 0 saturated heterocycles. The molecule has 0 bridgehead atoms. The van der Waals surface area contributed by atoms with Crippen molar-refractivity contribution in [2.45, 2.75) is 31.7 Å². The lowest BCUT2D eigenvalue weighted by Crippen LogP contribution is -2.29. The van der Waals surface area contributed by atoms with Crippen LogP contribution in [0.3, 0.4) is 0 Å². The van der Waals surface area contributed by atoms with Crippen molar-refractivity contribution in [3.05, 3.63) is 12.7 Å². The topological polar surface area (TPSA) is 41.1 Å². The summed E-state index contributed by atoms with van der Waals surface area (Å²) in [5, 5.41) is 6.12. The molecule has 1 amide bonds. The summed E-state index contributed by atoms with van der Waals surface area (Å²) in [7, 11) is 0. The van der Waals surface area contributed by atoms with E-state index in [1.54, 1.807) is 0 Å². The first-order chi connectivity index (χ1) is 6.33. The van der Waals surface area contributed by atoms with Gasteiger partial charge in [0.1, 0.15) is 0 Å². The first-order valence-electron chi connectivity index (χ1n) is 4.94. The molecule has 0 aromatic heterocycles. The fourth-order valence-electron chi connectivity index (χ4n) is 1.06. The van der Waals surface area contributed by atoms with Crippen molar-refractivity contribution in [3.8, 4) is 0 Å². The zero-order valence-corrected chi connectivity index (χ0v) is 8.01. The average Bonchev–Trinajstić information content (AvgIpc) is 2.88. The molecule has 3 heteroatoms. The number of carbonyl (C=O) groups excluding carboxylic acids is 1. The maximum Gasteiger partial charge on any atom is 0.221 e. The second kappa shape index (κ2) is 5.75. The van der Waals surface area contributed by atoms with Gasteiger partial charge in [0.2, 0.25) is 5.91 Å². The summed E-state index contributed by atoms with van der Waals surface area (Å²) in [4.78, 5) is 11.2. The summed E-state index contributed by atoms with van der Waals surface area (Å²) in [6.45, 7) is 5.31. The average molecular weight is 182 g/mol. The van der Waals surface area contributed by atoms with Crippen LogP contribution in [0.2, 0.25) is 0 Å². The highest BCUT2D eigenvalue weighted by Gasteiger charge is 2.22. The summed E-state index contributed by atoms with van der Waals surface area (Å²) in [6.07, 6.45) is 5.75. The van der Waals surface area contributed by atoms with E-state index in [9.17, 15) is 4.79 Å². The molecule has 0 heterocycles. The van der Waals surface area contributed by atoms with Gasteiger partial charge in [0, 0.05) is 19.0 Å². The van der Waals surface area contributed by atoms with Crippen LogP contribution in [0, 0.1) is 0 Å². The molecule has 0 atom stereocenters. The molecule has 1 aliphatic carbocycles. The molecular weight excluding hydrogens is 164 g/mol. The van der Waals surface area contributed by atoms with Crippen LogP contribution in [0.4, 0.5) is 0 Å². The Hall–Kier alpha value is -0.830. The van der Waals surface area contributed by atoms with Gasteiger partial charge in [-0.05, 0) is 25.8 Å². The van der Waals surface area contributed by atoms with Crippen molar-refractivity contribution in [2.75, 3.05) is 13.1 Å². The molecule has 1 aliphatic rings. The van der Waals surface area contributed by atoms with E-state index < -0.39 is 0 Å². The summed E-state index contributed by atoms with van der Waals surface area (Å²) in [5.74, 6) is 0.175. The van der Waals surface area contributed by atoms with Gasteiger partial charge >= 0.3 is 0 Å². The van der Waals surface area contributed by atoms with E-state index >= 15 is 0 Å². The van der Waals surface area contributed by atoms with Crippen LogP contribution in [-0.4, -0.2) is 25.0 Å². The van der Waals surface area contributed by atoms with E-state index in [0.717, 1.165) is 32.4 Å². The first kappa shape index (κ1) is 10.3. The summed E-state index contributed by atoms with van der Waals surface area (Å²) < 4.78 is 0. The second-order valence-electron chi connectivity index (χ2n) is 3.42. The lowest BCUT2D eigenvalue weighted by Gasteiger charge is -2.03. The van der Waals surface area contributed by atoms with Crippen molar-refractivity contribution in [1.29, 1.82) is 0 Å². The molecule has 0 radical (unpaired) electrons. The van der Waals surface area contributed by atoms with Crippen molar-refractivity contribution < 1.29 is 4.79 Å². The Morgan fingerprint density at radius 1 is 1.46 bits per heavy atom. The van der Waals surface area contributed by atoms with Crippen LogP contribution in [0.1, 0.15) is 25.7 Å². The Morgan fingerprint density at radius 2 is 2.23 bits per heavy atom. The van der Waals surface area contributed by atoms with Crippen LogP contribution in [0.5, 0.6) is 0 Å². The number of carbonyl (C=O) groups is 1. The Labute approximate surface area is 79.6 Å². The third kappa shape index (κ3) is 5.42. The minimum absolute atomic E-state index is 0.175. The molecular formula is C10H18N2O. The quantitative estimate of drug-likeness (QED) is 0.452. The summed E-state index contributed by atoms with van der Waals surface area (Å²) >= 11 is 0. The highest BCUT2D eigenvalue weighted by Crippen LogP contribution is 2.18. The summed E-state index contributed by atoms with van der Waals surface area (Å²) in [5.41, 5.74) is 0. The number of hydrogen-bond donors (Lipinski definition) is 2. The third-order valence-electron chi connectivity index (χ3n) is 2.00. The molecule has 13 heavy (non-hydrogen) atoms. The zero-order chi connectivity index (χ0) is 9.52. The maximum absolute atomic E-state index is 11.2. The molecule has 1 rings (SSSR count). The smallest absolute Gasteiger partial charge is 0.221 e. The molecule has 0 aliphatic heterocycles. The van der Waals surface area contributed by atoms with Crippen LogP contribution < -0.4 is 10.6 Å². The van der Waals surface area contributed by atoms with E-state index in [2.05, 4.69) is 17.2 Å². The van der Waals surface area contributed by atoms with E-state index in [0.29, 0.717) is 12.5 Å². The third-order valence-corrected chi connectivity index (χ3v) is 2.00.